The molecule has 0 aliphatic rings. The zero-order valence-electron chi connectivity index (χ0n) is 12.1. The van der Waals surface area contributed by atoms with Gasteiger partial charge >= 0.3 is 6.09 Å². The molecular formula is C15H18FNO3. The van der Waals surface area contributed by atoms with Crippen molar-refractivity contribution < 1.29 is 18.7 Å². The Labute approximate surface area is 117 Å². The second-order valence-electron chi connectivity index (χ2n) is 4.80. The summed E-state index contributed by atoms with van der Waals surface area (Å²) < 4.78 is 26.0. The van der Waals surface area contributed by atoms with Crippen LogP contribution in [0.15, 0.2) is 18.2 Å². The van der Waals surface area contributed by atoms with Crippen LogP contribution in [0, 0.1) is 12.7 Å². The molecule has 1 aromatic carbocycles. The van der Waals surface area contributed by atoms with Gasteiger partial charge in [-0.05, 0) is 45.9 Å². The van der Waals surface area contributed by atoms with Crippen LogP contribution in [-0.4, -0.2) is 23.4 Å². The van der Waals surface area contributed by atoms with Crippen LogP contribution in [0.2, 0.25) is 0 Å². The predicted octanol–water partition coefficient (Wildman–Crippen LogP) is 3.88. The molecule has 0 aliphatic carbocycles. The number of halogens is 1. The van der Waals surface area contributed by atoms with Crippen molar-refractivity contribution in [1.29, 1.82) is 0 Å². The minimum Gasteiger partial charge on any atom is -0.491 e. The average molecular weight is 279 g/mol. The standard InChI is InChI=1S/C15H18FNO3/c1-5-19-13-7-6-12-11(14(13)16)8-10(4)17(12)15(18)20-9(2)3/h6-9H,5H2,1-4H3. The number of aryl methyl sites for hydroxylation is 1. The number of rotatable bonds is 3. The molecule has 5 heteroatoms. The third-order valence-corrected chi connectivity index (χ3v) is 2.89. The van der Waals surface area contributed by atoms with E-state index in [-0.39, 0.29) is 11.9 Å². The second-order valence-corrected chi connectivity index (χ2v) is 4.80. The Morgan fingerprint density at radius 1 is 1.40 bits per heavy atom. The van der Waals surface area contributed by atoms with Gasteiger partial charge in [-0.25, -0.2) is 13.8 Å². The average Bonchev–Trinajstić information content (AvgIpc) is 2.69. The quantitative estimate of drug-likeness (QED) is 0.856. The summed E-state index contributed by atoms with van der Waals surface area (Å²) >= 11 is 0. The molecule has 0 radical (unpaired) electrons. The smallest absolute Gasteiger partial charge is 0.418 e. The minimum absolute atomic E-state index is 0.189. The summed E-state index contributed by atoms with van der Waals surface area (Å²) in [6, 6.07) is 4.81. The molecule has 1 aromatic heterocycles. The predicted molar refractivity (Wildman–Crippen MR) is 74.8 cm³/mol. The van der Waals surface area contributed by atoms with Crippen LogP contribution in [0.4, 0.5) is 9.18 Å². The molecule has 0 fully saturated rings. The minimum atomic E-state index is -0.504. The first-order chi connectivity index (χ1) is 9.45. The van der Waals surface area contributed by atoms with E-state index < -0.39 is 11.9 Å². The number of benzene rings is 1. The Balaban J connectivity index is 2.55. The summed E-state index contributed by atoms with van der Waals surface area (Å²) in [5.41, 5.74) is 1.10. The fourth-order valence-corrected chi connectivity index (χ4v) is 2.12. The molecule has 0 amide bonds. The van der Waals surface area contributed by atoms with Gasteiger partial charge in [-0.2, -0.15) is 0 Å². The number of hydrogen-bond acceptors (Lipinski definition) is 3. The normalized spacial score (nSPS) is 11.1. The first-order valence-electron chi connectivity index (χ1n) is 6.60. The van der Waals surface area contributed by atoms with Crippen LogP contribution in [0.5, 0.6) is 5.75 Å². The van der Waals surface area contributed by atoms with Crippen molar-refractivity contribution in [1.82, 2.24) is 4.57 Å². The van der Waals surface area contributed by atoms with Crippen molar-refractivity contribution in [2.75, 3.05) is 6.61 Å². The van der Waals surface area contributed by atoms with E-state index in [0.29, 0.717) is 23.2 Å². The Kier molecular flexibility index (Phi) is 3.97. The van der Waals surface area contributed by atoms with Crippen molar-refractivity contribution in [2.45, 2.75) is 33.8 Å². The summed E-state index contributed by atoms with van der Waals surface area (Å²) in [5.74, 6) is -0.266. The molecular weight excluding hydrogens is 261 g/mol. The second kappa shape index (κ2) is 5.53. The number of fused-ring (bicyclic) bond motifs is 1. The van der Waals surface area contributed by atoms with E-state index in [4.69, 9.17) is 9.47 Å². The summed E-state index contributed by atoms with van der Waals surface area (Å²) in [6.45, 7) is 7.46. The molecule has 2 rings (SSSR count). The van der Waals surface area contributed by atoms with E-state index in [1.807, 2.05) is 0 Å². The summed E-state index contributed by atoms with van der Waals surface area (Å²) in [7, 11) is 0. The molecule has 0 unspecified atom stereocenters. The van der Waals surface area contributed by atoms with Crippen molar-refractivity contribution in [3.05, 3.63) is 29.7 Å². The largest absolute Gasteiger partial charge is 0.491 e. The molecule has 0 aliphatic heterocycles. The Morgan fingerprint density at radius 2 is 2.10 bits per heavy atom. The molecule has 0 saturated carbocycles. The number of nitrogens with zero attached hydrogens (tertiary/aromatic N) is 1. The van der Waals surface area contributed by atoms with E-state index in [0.717, 1.165) is 0 Å². The van der Waals surface area contributed by atoms with E-state index in [1.54, 1.807) is 39.8 Å². The molecule has 20 heavy (non-hydrogen) atoms. The third kappa shape index (κ3) is 2.48. The van der Waals surface area contributed by atoms with Gasteiger partial charge in [0, 0.05) is 11.1 Å². The number of carbonyl (C=O) groups is 1. The van der Waals surface area contributed by atoms with Gasteiger partial charge in [0.05, 0.1) is 18.2 Å². The van der Waals surface area contributed by atoms with E-state index in [1.165, 1.54) is 10.6 Å². The molecule has 0 N–H and O–H groups in total. The molecule has 2 aromatic rings. The molecule has 0 spiro atoms. The first-order valence-corrected chi connectivity index (χ1v) is 6.60. The van der Waals surface area contributed by atoms with Gasteiger partial charge in [0.2, 0.25) is 0 Å². The Bertz CT molecular complexity index is 646. The lowest BCUT2D eigenvalue weighted by Gasteiger charge is -2.11. The van der Waals surface area contributed by atoms with Crippen LogP contribution >= 0.6 is 0 Å². The first kappa shape index (κ1) is 14.4. The molecule has 0 saturated heterocycles. The van der Waals surface area contributed by atoms with Crippen LogP contribution in [0.1, 0.15) is 26.5 Å². The van der Waals surface area contributed by atoms with Crippen LogP contribution < -0.4 is 4.74 Å². The van der Waals surface area contributed by atoms with Crippen LogP contribution in [0.25, 0.3) is 10.9 Å². The van der Waals surface area contributed by atoms with Gasteiger partial charge < -0.3 is 9.47 Å². The van der Waals surface area contributed by atoms with Crippen molar-refractivity contribution in [3.8, 4) is 5.75 Å². The topological polar surface area (TPSA) is 40.5 Å². The molecule has 4 nitrogen and oxygen atoms in total. The fourth-order valence-electron chi connectivity index (χ4n) is 2.12. The monoisotopic (exact) mass is 279 g/mol. The maximum absolute atomic E-state index is 14.3. The number of hydrogen-bond donors (Lipinski definition) is 0. The zero-order valence-corrected chi connectivity index (χ0v) is 12.1. The highest BCUT2D eigenvalue weighted by Gasteiger charge is 2.19. The molecule has 0 atom stereocenters. The van der Waals surface area contributed by atoms with Gasteiger partial charge in [0.1, 0.15) is 0 Å². The van der Waals surface area contributed by atoms with Crippen molar-refractivity contribution in [3.63, 3.8) is 0 Å². The van der Waals surface area contributed by atoms with Gasteiger partial charge in [-0.1, -0.05) is 0 Å². The van der Waals surface area contributed by atoms with Crippen molar-refractivity contribution >= 4 is 17.0 Å². The van der Waals surface area contributed by atoms with Crippen LogP contribution in [-0.2, 0) is 4.74 Å². The third-order valence-electron chi connectivity index (χ3n) is 2.89. The van der Waals surface area contributed by atoms with Gasteiger partial charge in [0.15, 0.2) is 11.6 Å². The Morgan fingerprint density at radius 3 is 2.70 bits per heavy atom. The Hall–Kier alpha value is -2.04. The summed E-state index contributed by atoms with van der Waals surface area (Å²) in [4.78, 5) is 12.1. The van der Waals surface area contributed by atoms with E-state index in [2.05, 4.69) is 0 Å². The maximum atomic E-state index is 14.3. The van der Waals surface area contributed by atoms with Crippen LogP contribution in [0.3, 0.4) is 0 Å². The number of aromatic nitrogens is 1. The molecule has 1 heterocycles. The number of carbonyl (C=O) groups excluding carboxylic acids is 1. The highest BCUT2D eigenvalue weighted by molar-refractivity contribution is 5.92. The zero-order chi connectivity index (χ0) is 14.9. The molecule has 108 valence electrons. The van der Waals surface area contributed by atoms with Gasteiger partial charge in [-0.15, -0.1) is 0 Å². The van der Waals surface area contributed by atoms with E-state index in [9.17, 15) is 9.18 Å². The highest BCUT2D eigenvalue weighted by Crippen LogP contribution is 2.29. The summed E-state index contributed by atoms with van der Waals surface area (Å²) in [5, 5.41) is 0.356. The van der Waals surface area contributed by atoms with Gasteiger partial charge in [0.25, 0.3) is 0 Å². The summed E-state index contributed by atoms with van der Waals surface area (Å²) in [6.07, 6.45) is -0.733. The maximum Gasteiger partial charge on any atom is 0.418 e. The lowest BCUT2D eigenvalue weighted by atomic mass is 10.2. The lowest BCUT2D eigenvalue weighted by molar-refractivity contribution is 0.117. The van der Waals surface area contributed by atoms with E-state index >= 15 is 0 Å². The van der Waals surface area contributed by atoms with Gasteiger partial charge in [-0.3, -0.25) is 0 Å². The molecule has 0 bridgehead atoms. The number of ether oxygens (including phenoxy) is 2. The fraction of sp³-hybridized carbons (Fsp3) is 0.400. The lowest BCUT2D eigenvalue weighted by Crippen LogP contribution is -2.18. The SMILES string of the molecule is CCOc1ccc2c(cc(C)n2C(=O)OC(C)C)c1F. The van der Waals surface area contributed by atoms with Crippen molar-refractivity contribution in [2.24, 2.45) is 0 Å². The highest BCUT2D eigenvalue weighted by atomic mass is 19.1.